The first-order chi connectivity index (χ1) is 8.85. The molecule has 1 saturated carbocycles. The summed E-state index contributed by atoms with van der Waals surface area (Å²) < 4.78 is 5.29. The fraction of sp³-hybridized carbons (Fsp3) is 1.00. The SMILES string of the molecule is COCCN(CC(C)C)C1(CN)CCC(C)(C)CC1. The van der Waals surface area contributed by atoms with Crippen LogP contribution in [0.3, 0.4) is 0 Å². The lowest BCUT2D eigenvalue weighted by Crippen LogP contribution is -2.58. The van der Waals surface area contributed by atoms with Gasteiger partial charge in [-0.1, -0.05) is 27.7 Å². The minimum absolute atomic E-state index is 0.207. The summed E-state index contributed by atoms with van der Waals surface area (Å²) in [6.07, 6.45) is 5.03. The van der Waals surface area contributed by atoms with Gasteiger partial charge in [-0.05, 0) is 37.0 Å². The molecule has 3 nitrogen and oxygen atoms in total. The first kappa shape index (κ1) is 16.9. The molecule has 0 amide bonds. The summed E-state index contributed by atoms with van der Waals surface area (Å²) in [6.45, 7) is 13.1. The zero-order valence-electron chi connectivity index (χ0n) is 13.7. The molecule has 0 aromatic rings. The van der Waals surface area contributed by atoms with Crippen LogP contribution in [0.25, 0.3) is 0 Å². The highest BCUT2D eigenvalue weighted by Gasteiger charge is 2.41. The van der Waals surface area contributed by atoms with Gasteiger partial charge in [-0.15, -0.1) is 0 Å². The molecule has 2 N–H and O–H groups in total. The average Bonchev–Trinajstić information content (AvgIpc) is 2.35. The molecule has 0 aliphatic heterocycles. The van der Waals surface area contributed by atoms with Crippen molar-refractivity contribution in [1.82, 2.24) is 4.90 Å². The Labute approximate surface area is 119 Å². The van der Waals surface area contributed by atoms with Crippen molar-refractivity contribution in [3.05, 3.63) is 0 Å². The zero-order valence-corrected chi connectivity index (χ0v) is 13.7. The van der Waals surface area contributed by atoms with Crippen molar-refractivity contribution >= 4 is 0 Å². The van der Waals surface area contributed by atoms with E-state index in [0.29, 0.717) is 11.3 Å². The van der Waals surface area contributed by atoms with Gasteiger partial charge in [0.1, 0.15) is 0 Å². The lowest BCUT2D eigenvalue weighted by Gasteiger charge is -2.50. The summed E-state index contributed by atoms with van der Waals surface area (Å²) in [5.41, 5.74) is 6.89. The Bertz CT molecular complexity index is 253. The van der Waals surface area contributed by atoms with Crippen LogP contribution in [0.1, 0.15) is 53.4 Å². The minimum atomic E-state index is 0.207. The second-order valence-corrected chi connectivity index (χ2v) is 7.43. The maximum absolute atomic E-state index is 6.19. The van der Waals surface area contributed by atoms with E-state index in [2.05, 4.69) is 32.6 Å². The highest BCUT2D eigenvalue weighted by Crippen LogP contribution is 2.42. The van der Waals surface area contributed by atoms with E-state index in [0.717, 1.165) is 26.2 Å². The number of ether oxygens (including phenoxy) is 1. The van der Waals surface area contributed by atoms with Crippen LogP contribution in [0.2, 0.25) is 0 Å². The van der Waals surface area contributed by atoms with Crippen molar-refractivity contribution < 1.29 is 4.74 Å². The van der Waals surface area contributed by atoms with Crippen molar-refractivity contribution in [2.75, 3.05) is 33.4 Å². The van der Waals surface area contributed by atoms with Gasteiger partial charge in [0, 0.05) is 32.3 Å². The largest absolute Gasteiger partial charge is 0.383 e. The summed E-state index contributed by atoms with van der Waals surface area (Å²) >= 11 is 0. The van der Waals surface area contributed by atoms with E-state index in [9.17, 15) is 0 Å². The molecule has 0 radical (unpaired) electrons. The minimum Gasteiger partial charge on any atom is -0.383 e. The fourth-order valence-corrected chi connectivity index (χ4v) is 3.21. The molecule has 0 spiro atoms. The van der Waals surface area contributed by atoms with Crippen LogP contribution < -0.4 is 5.73 Å². The molecule has 0 atom stereocenters. The molecule has 1 aliphatic carbocycles. The summed E-state index contributed by atoms with van der Waals surface area (Å²) in [7, 11) is 1.78. The predicted octanol–water partition coefficient (Wildman–Crippen LogP) is 2.89. The van der Waals surface area contributed by atoms with Crippen molar-refractivity contribution in [2.45, 2.75) is 58.9 Å². The lowest BCUT2D eigenvalue weighted by molar-refractivity contribution is 0.000664. The first-order valence-corrected chi connectivity index (χ1v) is 7.79. The normalized spacial score (nSPS) is 22.1. The van der Waals surface area contributed by atoms with Crippen LogP contribution in [-0.4, -0.2) is 43.8 Å². The van der Waals surface area contributed by atoms with E-state index in [1.807, 2.05) is 0 Å². The quantitative estimate of drug-likeness (QED) is 0.773. The zero-order chi connectivity index (χ0) is 14.5. The molecular weight excluding hydrogens is 236 g/mol. The van der Waals surface area contributed by atoms with Gasteiger partial charge < -0.3 is 10.5 Å². The molecule has 0 unspecified atom stereocenters. The van der Waals surface area contributed by atoms with Crippen LogP contribution in [0.5, 0.6) is 0 Å². The smallest absolute Gasteiger partial charge is 0.0589 e. The van der Waals surface area contributed by atoms with Crippen molar-refractivity contribution in [3.63, 3.8) is 0 Å². The Balaban J connectivity index is 2.76. The van der Waals surface area contributed by atoms with Crippen LogP contribution in [0, 0.1) is 11.3 Å². The second-order valence-electron chi connectivity index (χ2n) is 7.43. The van der Waals surface area contributed by atoms with Gasteiger partial charge in [-0.25, -0.2) is 0 Å². The van der Waals surface area contributed by atoms with Crippen LogP contribution in [0.15, 0.2) is 0 Å². The summed E-state index contributed by atoms with van der Waals surface area (Å²) in [4.78, 5) is 2.61. The third-order valence-corrected chi connectivity index (χ3v) is 4.74. The maximum Gasteiger partial charge on any atom is 0.0589 e. The molecule has 114 valence electrons. The van der Waals surface area contributed by atoms with Gasteiger partial charge in [0.05, 0.1) is 6.61 Å². The number of hydrogen-bond acceptors (Lipinski definition) is 3. The number of hydrogen-bond donors (Lipinski definition) is 1. The highest BCUT2D eigenvalue weighted by atomic mass is 16.5. The standard InChI is InChI=1S/C16H34N2O/c1-14(2)12-18(10-11-19-5)16(13-17)8-6-15(3,4)7-9-16/h14H,6-13,17H2,1-5H3. The topological polar surface area (TPSA) is 38.5 Å². The maximum atomic E-state index is 6.19. The Morgan fingerprint density at radius 3 is 2.16 bits per heavy atom. The third-order valence-electron chi connectivity index (χ3n) is 4.74. The van der Waals surface area contributed by atoms with Crippen LogP contribution >= 0.6 is 0 Å². The van der Waals surface area contributed by atoms with Crippen LogP contribution in [-0.2, 0) is 4.74 Å². The van der Waals surface area contributed by atoms with E-state index in [1.54, 1.807) is 7.11 Å². The Morgan fingerprint density at radius 1 is 1.16 bits per heavy atom. The molecular formula is C16H34N2O. The Hall–Kier alpha value is -0.120. The van der Waals surface area contributed by atoms with Gasteiger partial charge in [-0.3, -0.25) is 4.90 Å². The molecule has 0 aromatic carbocycles. The van der Waals surface area contributed by atoms with Crippen molar-refractivity contribution in [1.29, 1.82) is 0 Å². The molecule has 1 fully saturated rings. The molecule has 0 heterocycles. The van der Waals surface area contributed by atoms with E-state index in [4.69, 9.17) is 10.5 Å². The monoisotopic (exact) mass is 270 g/mol. The lowest BCUT2D eigenvalue weighted by atomic mass is 9.68. The van der Waals surface area contributed by atoms with Gasteiger partial charge in [0.2, 0.25) is 0 Å². The number of nitrogens with zero attached hydrogens (tertiary/aromatic N) is 1. The van der Waals surface area contributed by atoms with Crippen molar-refractivity contribution in [3.8, 4) is 0 Å². The third kappa shape index (κ3) is 4.73. The predicted molar refractivity (Wildman–Crippen MR) is 82.3 cm³/mol. The fourth-order valence-electron chi connectivity index (χ4n) is 3.21. The summed E-state index contributed by atoms with van der Waals surface area (Å²) in [5, 5.41) is 0. The van der Waals surface area contributed by atoms with E-state index in [1.165, 1.54) is 25.7 Å². The Kier molecular flexibility index (Phi) is 6.28. The molecule has 1 aliphatic rings. The van der Waals surface area contributed by atoms with Crippen LogP contribution in [0.4, 0.5) is 0 Å². The van der Waals surface area contributed by atoms with Gasteiger partial charge >= 0.3 is 0 Å². The Morgan fingerprint density at radius 2 is 1.74 bits per heavy atom. The number of nitrogens with two attached hydrogens (primary N) is 1. The summed E-state index contributed by atoms with van der Waals surface area (Å²) in [6, 6.07) is 0. The molecule has 19 heavy (non-hydrogen) atoms. The summed E-state index contributed by atoms with van der Waals surface area (Å²) in [5.74, 6) is 0.676. The van der Waals surface area contributed by atoms with Gasteiger partial charge in [0.15, 0.2) is 0 Å². The van der Waals surface area contributed by atoms with Gasteiger partial charge in [-0.2, -0.15) is 0 Å². The molecule has 0 saturated heterocycles. The van der Waals surface area contributed by atoms with E-state index in [-0.39, 0.29) is 5.54 Å². The highest BCUT2D eigenvalue weighted by molar-refractivity contribution is 4.98. The number of rotatable bonds is 7. The molecule has 1 rings (SSSR count). The molecule has 3 heteroatoms. The molecule has 0 bridgehead atoms. The van der Waals surface area contributed by atoms with E-state index >= 15 is 0 Å². The van der Waals surface area contributed by atoms with E-state index < -0.39 is 0 Å². The van der Waals surface area contributed by atoms with Gasteiger partial charge in [0.25, 0.3) is 0 Å². The average molecular weight is 270 g/mol. The molecule has 0 aromatic heterocycles. The number of methoxy groups -OCH3 is 1. The van der Waals surface area contributed by atoms with Crippen molar-refractivity contribution in [2.24, 2.45) is 17.1 Å². The second kappa shape index (κ2) is 7.05. The first-order valence-electron chi connectivity index (χ1n) is 7.79.